The maximum atomic E-state index is 12.6. The summed E-state index contributed by atoms with van der Waals surface area (Å²) in [5.41, 5.74) is 0. The van der Waals surface area contributed by atoms with Gasteiger partial charge in [0.1, 0.15) is 0 Å². The van der Waals surface area contributed by atoms with Gasteiger partial charge in [-0.25, -0.2) is 0 Å². The average molecular weight is 349 g/mol. The predicted molar refractivity (Wildman–Crippen MR) is 95.0 cm³/mol. The van der Waals surface area contributed by atoms with E-state index in [-0.39, 0.29) is 0 Å². The summed E-state index contributed by atoms with van der Waals surface area (Å²) in [5, 5.41) is 4.01. The zero-order valence-corrected chi connectivity index (χ0v) is 15.6. The molecular formula is C18H31N5O2. The summed E-state index contributed by atoms with van der Waals surface area (Å²) >= 11 is 0. The molecule has 25 heavy (non-hydrogen) atoms. The second-order valence-electron chi connectivity index (χ2n) is 7.34. The number of hydrogen-bond donors (Lipinski definition) is 0. The van der Waals surface area contributed by atoms with Gasteiger partial charge in [-0.15, -0.1) is 0 Å². The van der Waals surface area contributed by atoms with Crippen LogP contribution in [0.1, 0.15) is 51.2 Å². The van der Waals surface area contributed by atoms with E-state index in [9.17, 15) is 4.79 Å². The van der Waals surface area contributed by atoms with E-state index < -0.39 is 0 Å². The summed E-state index contributed by atoms with van der Waals surface area (Å²) in [6.45, 7) is 10.2. The Morgan fingerprint density at radius 3 is 2.64 bits per heavy atom. The topological polar surface area (TPSA) is 65.7 Å². The van der Waals surface area contributed by atoms with Crippen LogP contribution in [0.3, 0.4) is 0 Å². The van der Waals surface area contributed by atoms with Crippen molar-refractivity contribution in [3.63, 3.8) is 0 Å². The summed E-state index contributed by atoms with van der Waals surface area (Å²) in [5.74, 6) is 1.80. The fourth-order valence-electron chi connectivity index (χ4n) is 3.73. The standard InChI is InChI=1S/C18H31N5O2/c1-3-6-16-19-17(25-20-16)13-21-9-11-22(12-10-21)14-18(24)23-8-5-4-7-15(23)2/h15H,3-14H2,1-2H3. The Morgan fingerprint density at radius 1 is 1.16 bits per heavy atom. The van der Waals surface area contributed by atoms with E-state index in [1.807, 2.05) is 0 Å². The van der Waals surface area contributed by atoms with Crippen LogP contribution < -0.4 is 0 Å². The molecule has 7 nitrogen and oxygen atoms in total. The number of aryl methyl sites for hydroxylation is 1. The Bertz CT molecular complexity index is 553. The number of amides is 1. The number of hydrogen-bond acceptors (Lipinski definition) is 6. The van der Waals surface area contributed by atoms with Gasteiger partial charge in [0.15, 0.2) is 5.82 Å². The molecule has 0 aliphatic carbocycles. The Kier molecular flexibility index (Phi) is 6.42. The first-order valence-electron chi connectivity index (χ1n) is 9.71. The van der Waals surface area contributed by atoms with Crippen LogP contribution in [0.4, 0.5) is 0 Å². The summed E-state index contributed by atoms with van der Waals surface area (Å²) in [7, 11) is 0. The molecule has 3 heterocycles. The lowest BCUT2D eigenvalue weighted by molar-refractivity contribution is -0.136. The zero-order chi connectivity index (χ0) is 17.6. The van der Waals surface area contributed by atoms with Crippen molar-refractivity contribution in [1.82, 2.24) is 24.8 Å². The number of carbonyl (C=O) groups excluding carboxylic acids is 1. The third-order valence-corrected chi connectivity index (χ3v) is 5.29. The maximum Gasteiger partial charge on any atom is 0.240 e. The summed E-state index contributed by atoms with van der Waals surface area (Å²) < 4.78 is 5.33. The Morgan fingerprint density at radius 2 is 1.92 bits per heavy atom. The van der Waals surface area contributed by atoms with Gasteiger partial charge in [-0.3, -0.25) is 14.6 Å². The van der Waals surface area contributed by atoms with Gasteiger partial charge in [0.05, 0.1) is 13.1 Å². The normalized spacial score (nSPS) is 23.1. The molecule has 2 fully saturated rings. The molecule has 1 aromatic rings. The molecule has 140 valence electrons. The molecule has 1 aromatic heterocycles. The molecular weight excluding hydrogens is 318 g/mol. The minimum Gasteiger partial charge on any atom is -0.339 e. The third-order valence-electron chi connectivity index (χ3n) is 5.29. The lowest BCUT2D eigenvalue weighted by Crippen LogP contribution is -2.51. The van der Waals surface area contributed by atoms with Crippen molar-refractivity contribution in [2.24, 2.45) is 0 Å². The minimum atomic E-state index is 0.293. The van der Waals surface area contributed by atoms with Gasteiger partial charge in [-0.1, -0.05) is 12.1 Å². The van der Waals surface area contributed by atoms with Gasteiger partial charge >= 0.3 is 0 Å². The molecule has 0 N–H and O–H groups in total. The van der Waals surface area contributed by atoms with Crippen molar-refractivity contribution in [3.8, 4) is 0 Å². The van der Waals surface area contributed by atoms with Crippen LogP contribution in [0.15, 0.2) is 4.52 Å². The number of likely N-dealkylation sites (tertiary alicyclic amines) is 1. The van der Waals surface area contributed by atoms with Crippen molar-refractivity contribution < 1.29 is 9.32 Å². The van der Waals surface area contributed by atoms with Gasteiger partial charge in [0.25, 0.3) is 0 Å². The van der Waals surface area contributed by atoms with E-state index in [0.29, 0.717) is 30.9 Å². The van der Waals surface area contributed by atoms with Crippen molar-refractivity contribution in [2.75, 3.05) is 39.3 Å². The summed E-state index contributed by atoms with van der Waals surface area (Å²) in [4.78, 5) is 23.7. The number of nitrogens with zero attached hydrogens (tertiary/aromatic N) is 5. The van der Waals surface area contributed by atoms with E-state index in [1.54, 1.807) is 0 Å². The van der Waals surface area contributed by atoms with E-state index in [4.69, 9.17) is 4.52 Å². The highest BCUT2D eigenvalue weighted by molar-refractivity contribution is 5.78. The Balaban J connectivity index is 1.41. The van der Waals surface area contributed by atoms with Gasteiger partial charge in [0.2, 0.25) is 11.8 Å². The van der Waals surface area contributed by atoms with E-state index in [2.05, 4.69) is 38.7 Å². The van der Waals surface area contributed by atoms with Crippen molar-refractivity contribution >= 4 is 5.91 Å². The monoisotopic (exact) mass is 349 g/mol. The fraction of sp³-hybridized carbons (Fsp3) is 0.833. The Labute approximate surface area is 150 Å². The molecule has 1 unspecified atom stereocenters. The molecule has 0 aromatic carbocycles. The molecule has 0 radical (unpaired) electrons. The molecule has 0 spiro atoms. The lowest BCUT2D eigenvalue weighted by Gasteiger charge is -2.37. The van der Waals surface area contributed by atoms with Gasteiger partial charge in [0, 0.05) is 45.2 Å². The van der Waals surface area contributed by atoms with Gasteiger partial charge in [-0.2, -0.15) is 4.98 Å². The predicted octanol–water partition coefficient (Wildman–Crippen LogP) is 1.54. The lowest BCUT2D eigenvalue weighted by atomic mass is 10.0. The van der Waals surface area contributed by atoms with E-state index in [0.717, 1.165) is 64.2 Å². The van der Waals surface area contributed by atoms with E-state index in [1.165, 1.54) is 6.42 Å². The maximum absolute atomic E-state index is 12.6. The first-order valence-corrected chi connectivity index (χ1v) is 9.71. The largest absolute Gasteiger partial charge is 0.339 e. The van der Waals surface area contributed by atoms with E-state index >= 15 is 0 Å². The van der Waals surface area contributed by atoms with Crippen LogP contribution in [0.2, 0.25) is 0 Å². The SMILES string of the molecule is CCCc1noc(CN2CCN(CC(=O)N3CCCCC3C)CC2)n1. The molecule has 2 saturated heterocycles. The average Bonchev–Trinajstić information content (AvgIpc) is 3.04. The first-order chi connectivity index (χ1) is 12.2. The molecule has 2 aliphatic heterocycles. The molecule has 0 bridgehead atoms. The van der Waals surface area contributed by atoms with Crippen LogP contribution in [0, 0.1) is 0 Å². The molecule has 3 rings (SSSR count). The summed E-state index contributed by atoms with van der Waals surface area (Å²) in [6.07, 6.45) is 5.44. The minimum absolute atomic E-state index is 0.293. The van der Waals surface area contributed by atoms with Gasteiger partial charge < -0.3 is 9.42 Å². The number of rotatable bonds is 6. The first kappa shape index (κ1) is 18.3. The number of aromatic nitrogens is 2. The van der Waals surface area contributed by atoms with Crippen LogP contribution >= 0.6 is 0 Å². The highest BCUT2D eigenvalue weighted by Crippen LogP contribution is 2.17. The number of piperidine rings is 1. The molecule has 1 amide bonds. The van der Waals surface area contributed by atoms with Crippen LogP contribution in [0.5, 0.6) is 0 Å². The molecule has 2 aliphatic rings. The summed E-state index contributed by atoms with van der Waals surface area (Å²) in [6, 6.07) is 0.400. The Hall–Kier alpha value is -1.47. The van der Waals surface area contributed by atoms with Crippen molar-refractivity contribution in [1.29, 1.82) is 0 Å². The van der Waals surface area contributed by atoms with Crippen LogP contribution in [-0.2, 0) is 17.8 Å². The number of carbonyl (C=O) groups is 1. The fourth-order valence-corrected chi connectivity index (χ4v) is 3.73. The second kappa shape index (κ2) is 8.76. The van der Waals surface area contributed by atoms with Crippen molar-refractivity contribution in [2.45, 2.75) is 58.5 Å². The van der Waals surface area contributed by atoms with Crippen LogP contribution in [-0.4, -0.2) is 76.1 Å². The highest BCUT2D eigenvalue weighted by Gasteiger charge is 2.26. The number of piperazine rings is 1. The molecule has 0 saturated carbocycles. The quantitative estimate of drug-likeness (QED) is 0.776. The second-order valence-corrected chi connectivity index (χ2v) is 7.34. The smallest absolute Gasteiger partial charge is 0.240 e. The zero-order valence-electron chi connectivity index (χ0n) is 15.6. The molecule has 1 atom stereocenters. The van der Waals surface area contributed by atoms with Gasteiger partial charge in [-0.05, 0) is 32.6 Å². The highest BCUT2D eigenvalue weighted by atomic mass is 16.5. The molecule has 7 heteroatoms. The third kappa shape index (κ3) is 5.01. The van der Waals surface area contributed by atoms with Crippen LogP contribution in [0.25, 0.3) is 0 Å². The van der Waals surface area contributed by atoms with Crippen molar-refractivity contribution in [3.05, 3.63) is 11.7 Å².